The lowest BCUT2D eigenvalue weighted by Gasteiger charge is -2.37. The summed E-state index contributed by atoms with van der Waals surface area (Å²) in [6.07, 6.45) is -0.279. The van der Waals surface area contributed by atoms with Gasteiger partial charge in [0.15, 0.2) is 5.78 Å². The fraction of sp³-hybridized carbons (Fsp3) is 0.241. The molecular formula is C29H28BrNO6. The van der Waals surface area contributed by atoms with Gasteiger partial charge in [0.2, 0.25) is 5.54 Å². The van der Waals surface area contributed by atoms with Crippen molar-refractivity contribution in [1.29, 1.82) is 0 Å². The van der Waals surface area contributed by atoms with Gasteiger partial charge in [-0.1, -0.05) is 76.6 Å². The van der Waals surface area contributed by atoms with Gasteiger partial charge in [0, 0.05) is 27.9 Å². The Bertz CT molecular complexity index is 1210. The molecule has 1 N–H and O–H groups in total. The van der Waals surface area contributed by atoms with Gasteiger partial charge in [-0.05, 0) is 43.7 Å². The second-order valence-electron chi connectivity index (χ2n) is 8.17. The molecule has 0 aliphatic heterocycles. The number of esters is 2. The molecule has 0 saturated heterocycles. The van der Waals surface area contributed by atoms with E-state index in [1.54, 1.807) is 98.8 Å². The molecule has 0 aliphatic carbocycles. The Morgan fingerprint density at radius 3 is 1.73 bits per heavy atom. The lowest BCUT2D eigenvalue weighted by Crippen LogP contribution is -2.65. The highest BCUT2D eigenvalue weighted by Crippen LogP contribution is 2.36. The van der Waals surface area contributed by atoms with E-state index in [1.807, 2.05) is 0 Å². The molecule has 0 radical (unpaired) electrons. The van der Waals surface area contributed by atoms with Crippen LogP contribution in [0.4, 0.5) is 0 Å². The van der Waals surface area contributed by atoms with Crippen LogP contribution in [0.2, 0.25) is 0 Å². The van der Waals surface area contributed by atoms with Crippen molar-refractivity contribution < 1.29 is 28.7 Å². The highest BCUT2D eigenvalue weighted by Gasteiger charge is 2.57. The van der Waals surface area contributed by atoms with Gasteiger partial charge in [0.1, 0.15) is 0 Å². The Kier molecular flexibility index (Phi) is 9.74. The van der Waals surface area contributed by atoms with Gasteiger partial charge in [-0.25, -0.2) is 9.59 Å². The molecule has 0 heterocycles. The molecular weight excluding hydrogens is 538 g/mol. The zero-order chi connectivity index (χ0) is 26.8. The number of nitrogens with one attached hydrogen (secondary N) is 1. The van der Waals surface area contributed by atoms with Crippen LogP contribution in [0.15, 0.2) is 89.4 Å². The fourth-order valence-corrected chi connectivity index (χ4v) is 4.30. The number of ketones is 1. The second kappa shape index (κ2) is 13.0. The highest BCUT2D eigenvalue weighted by molar-refractivity contribution is 9.10. The first kappa shape index (κ1) is 27.8. The molecule has 0 saturated carbocycles. The molecule has 192 valence electrons. The summed E-state index contributed by atoms with van der Waals surface area (Å²) in [6, 6.07) is 23.6. The minimum absolute atomic E-state index is 0.0547. The van der Waals surface area contributed by atoms with Gasteiger partial charge in [-0.2, -0.15) is 0 Å². The number of benzene rings is 3. The zero-order valence-electron chi connectivity index (χ0n) is 20.6. The molecule has 3 aromatic rings. The predicted molar refractivity (Wildman–Crippen MR) is 142 cm³/mol. The standard InChI is InChI=1S/C29H28BrNO6/c1-3-36-27(34)29(28(35)37-4-2,31-26(33)22-13-9-6-10-14-22)24(20-15-17-23(30)18-16-20)19-25(32)21-11-7-5-8-12-21/h5-18,24H,3-4,19H2,1-2H3,(H,31,33). The van der Waals surface area contributed by atoms with E-state index in [9.17, 15) is 19.2 Å². The predicted octanol–water partition coefficient (Wildman–Crippen LogP) is 5.10. The van der Waals surface area contributed by atoms with E-state index in [4.69, 9.17) is 9.47 Å². The summed E-state index contributed by atoms with van der Waals surface area (Å²) in [5.74, 6) is -4.16. The van der Waals surface area contributed by atoms with Crippen molar-refractivity contribution in [3.8, 4) is 0 Å². The Morgan fingerprint density at radius 1 is 0.757 bits per heavy atom. The van der Waals surface area contributed by atoms with Crippen molar-refractivity contribution in [2.45, 2.75) is 31.7 Å². The maximum Gasteiger partial charge on any atom is 0.344 e. The average Bonchev–Trinajstić information content (AvgIpc) is 2.92. The molecule has 3 aromatic carbocycles. The van der Waals surface area contributed by atoms with E-state index in [0.717, 1.165) is 4.47 Å². The van der Waals surface area contributed by atoms with Gasteiger partial charge in [-0.3, -0.25) is 9.59 Å². The summed E-state index contributed by atoms with van der Waals surface area (Å²) in [5.41, 5.74) is -1.23. The van der Waals surface area contributed by atoms with Gasteiger partial charge in [-0.15, -0.1) is 0 Å². The van der Waals surface area contributed by atoms with E-state index in [0.29, 0.717) is 11.1 Å². The Hall–Kier alpha value is -3.78. The molecule has 0 fully saturated rings. The first-order chi connectivity index (χ1) is 17.8. The highest BCUT2D eigenvalue weighted by atomic mass is 79.9. The first-order valence-corrected chi connectivity index (χ1v) is 12.7. The molecule has 8 heteroatoms. The molecule has 1 amide bonds. The summed E-state index contributed by atoms with van der Waals surface area (Å²) >= 11 is 3.39. The molecule has 0 spiro atoms. The lowest BCUT2D eigenvalue weighted by atomic mass is 9.75. The van der Waals surface area contributed by atoms with Gasteiger partial charge >= 0.3 is 11.9 Å². The van der Waals surface area contributed by atoms with Crippen molar-refractivity contribution >= 4 is 39.6 Å². The van der Waals surface area contributed by atoms with Crippen LogP contribution >= 0.6 is 15.9 Å². The van der Waals surface area contributed by atoms with Crippen molar-refractivity contribution in [3.63, 3.8) is 0 Å². The third-order valence-electron chi connectivity index (χ3n) is 5.82. The van der Waals surface area contributed by atoms with Crippen LogP contribution in [0, 0.1) is 0 Å². The largest absolute Gasteiger partial charge is 0.464 e. The zero-order valence-corrected chi connectivity index (χ0v) is 22.2. The van der Waals surface area contributed by atoms with Crippen molar-refractivity contribution in [2.75, 3.05) is 13.2 Å². The van der Waals surface area contributed by atoms with Crippen LogP contribution in [0.1, 0.15) is 52.5 Å². The number of carbonyl (C=O) groups excluding carboxylic acids is 4. The van der Waals surface area contributed by atoms with E-state index >= 15 is 0 Å². The van der Waals surface area contributed by atoms with Gasteiger partial charge in [0.05, 0.1) is 13.2 Å². The van der Waals surface area contributed by atoms with Crippen molar-refractivity contribution in [2.24, 2.45) is 0 Å². The summed E-state index contributed by atoms with van der Waals surface area (Å²) in [6.45, 7) is 3.08. The maximum absolute atomic E-state index is 13.7. The third kappa shape index (κ3) is 6.51. The van der Waals surface area contributed by atoms with Gasteiger partial charge < -0.3 is 14.8 Å². The molecule has 7 nitrogen and oxygen atoms in total. The molecule has 1 unspecified atom stereocenters. The smallest absolute Gasteiger partial charge is 0.344 e. The lowest BCUT2D eigenvalue weighted by molar-refractivity contribution is -0.167. The quantitative estimate of drug-likeness (QED) is 0.197. The topological polar surface area (TPSA) is 98.8 Å². The summed E-state index contributed by atoms with van der Waals surface area (Å²) in [5, 5.41) is 2.63. The number of Topliss-reactive ketones (excluding diaryl/α,β-unsaturated/α-hetero) is 1. The number of rotatable bonds is 11. The van der Waals surface area contributed by atoms with Crippen LogP contribution in [-0.4, -0.2) is 42.4 Å². The number of hydrogen-bond acceptors (Lipinski definition) is 6. The van der Waals surface area contributed by atoms with Crippen molar-refractivity contribution in [3.05, 3.63) is 106 Å². The SMILES string of the molecule is CCOC(=O)C(NC(=O)c1ccccc1)(C(=O)OCC)C(CC(=O)c1ccccc1)c1ccc(Br)cc1. The number of amides is 1. The number of ether oxygens (including phenoxy) is 2. The number of halogens is 1. The van der Waals surface area contributed by atoms with Crippen LogP contribution in [0.5, 0.6) is 0 Å². The molecule has 1 atom stereocenters. The summed E-state index contributed by atoms with van der Waals surface area (Å²) < 4.78 is 11.5. The van der Waals surface area contributed by atoms with E-state index in [1.165, 1.54) is 0 Å². The van der Waals surface area contributed by atoms with E-state index in [2.05, 4.69) is 21.2 Å². The number of carbonyl (C=O) groups is 4. The summed E-state index contributed by atoms with van der Waals surface area (Å²) in [7, 11) is 0. The average molecular weight is 566 g/mol. The minimum Gasteiger partial charge on any atom is -0.464 e. The third-order valence-corrected chi connectivity index (χ3v) is 6.35. The Morgan fingerprint density at radius 2 is 1.24 bits per heavy atom. The van der Waals surface area contributed by atoms with Gasteiger partial charge in [0.25, 0.3) is 5.91 Å². The minimum atomic E-state index is -2.34. The molecule has 0 aromatic heterocycles. The molecule has 0 bridgehead atoms. The molecule has 0 aliphatic rings. The summed E-state index contributed by atoms with van der Waals surface area (Å²) in [4.78, 5) is 54.2. The molecule has 37 heavy (non-hydrogen) atoms. The van der Waals surface area contributed by atoms with Crippen LogP contribution in [0.25, 0.3) is 0 Å². The Labute approximate surface area is 224 Å². The fourth-order valence-electron chi connectivity index (χ4n) is 4.03. The van der Waals surface area contributed by atoms with Crippen LogP contribution in [-0.2, 0) is 19.1 Å². The van der Waals surface area contributed by atoms with E-state index in [-0.39, 0.29) is 31.0 Å². The van der Waals surface area contributed by atoms with Crippen LogP contribution < -0.4 is 5.32 Å². The van der Waals surface area contributed by atoms with Crippen molar-refractivity contribution in [1.82, 2.24) is 5.32 Å². The normalized spacial score (nSPS) is 11.8. The monoisotopic (exact) mass is 565 g/mol. The second-order valence-corrected chi connectivity index (χ2v) is 9.08. The molecule has 3 rings (SSSR count). The number of hydrogen-bond donors (Lipinski definition) is 1. The maximum atomic E-state index is 13.7. The van der Waals surface area contributed by atoms with Crippen LogP contribution in [0.3, 0.4) is 0 Å². The van der Waals surface area contributed by atoms with E-state index < -0.39 is 29.3 Å². The Balaban J connectivity index is 2.23. The first-order valence-electron chi connectivity index (χ1n) is 11.9.